The molecule has 5 nitrogen and oxygen atoms in total. The van der Waals surface area contributed by atoms with E-state index >= 15 is 0 Å². The summed E-state index contributed by atoms with van der Waals surface area (Å²) in [4.78, 5) is 15.7. The maximum atomic E-state index is 13.4. The van der Waals surface area contributed by atoms with Crippen LogP contribution in [-0.2, 0) is 4.79 Å². The van der Waals surface area contributed by atoms with E-state index in [-0.39, 0.29) is 17.1 Å². The number of carbonyl (C=O) groups excluding carboxylic acids is 1. The van der Waals surface area contributed by atoms with E-state index in [0.717, 1.165) is 16.7 Å². The Morgan fingerprint density at radius 1 is 1.03 bits per heavy atom. The maximum absolute atomic E-state index is 13.4. The lowest BCUT2D eigenvalue weighted by atomic mass is 9.98. The van der Waals surface area contributed by atoms with Crippen LogP contribution in [-0.4, -0.2) is 23.0 Å². The molecular weight excluding hydrogens is 455 g/mol. The first-order valence-corrected chi connectivity index (χ1v) is 10.0. The fourth-order valence-corrected chi connectivity index (χ4v) is 3.22. The zero-order valence-corrected chi connectivity index (χ0v) is 18.0. The van der Waals surface area contributed by atoms with Crippen molar-refractivity contribution in [2.75, 3.05) is 10.6 Å². The minimum absolute atomic E-state index is 0.0577. The van der Waals surface area contributed by atoms with Crippen LogP contribution in [0.25, 0.3) is 11.1 Å². The SMILES string of the molecule is Cc1ccnc(NC(C)c2ccc(-c3ccccc3C#N)cc2)c1NC(=O)C(F)(F)C(F)(F)F. The van der Waals surface area contributed by atoms with Gasteiger partial charge in [0.15, 0.2) is 5.82 Å². The van der Waals surface area contributed by atoms with Crippen molar-refractivity contribution in [3.63, 3.8) is 0 Å². The minimum Gasteiger partial charge on any atom is -0.362 e. The molecule has 0 aliphatic rings. The predicted octanol–water partition coefficient (Wildman–Crippen LogP) is 6.24. The molecule has 1 atom stereocenters. The number of amides is 1. The van der Waals surface area contributed by atoms with E-state index in [1.807, 2.05) is 12.1 Å². The topological polar surface area (TPSA) is 77.8 Å². The van der Waals surface area contributed by atoms with Crippen LogP contribution in [0.4, 0.5) is 33.5 Å². The molecule has 0 aliphatic heterocycles. The fraction of sp³-hybridized carbons (Fsp3) is 0.208. The number of rotatable bonds is 6. The summed E-state index contributed by atoms with van der Waals surface area (Å²) in [7, 11) is 0. The lowest BCUT2D eigenvalue weighted by molar-refractivity contribution is -0.267. The van der Waals surface area contributed by atoms with Crippen LogP contribution in [0.15, 0.2) is 60.8 Å². The van der Waals surface area contributed by atoms with Crippen LogP contribution in [0.2, 0.25) is 0 Å². The molecular formula is C24H19F5N4O. The number of halogens is 5. The molecule has 10 heteroatoms. The van der Waals surface area contributed by atoms with Gasteiger partial charge in [-0.1, -0.05) is 42.5 Å². The Balaban J connectivity index is 1.83. The summed E-state index contributed by atoms with van der Waals surface area (Å²) in [5.41, 5.74) is 2.81. The molecule has 2 N–H and O–H groups in total. The minimum atomic E-state index is -6.03. The Kier molecular flexibility index (Phi) is 6.86. The van der Waals surface area contributed by atoms with Crippen LogP contribution in [0.3, 0.4) is 0 Å². The lowest BCUT2D eigenvalue weighted by Crippen LogP contribution is -2.47. The molecule has 1 aromatic heterocycles. The van der Waals surface area contributed by atoms with E-state index in [2.05, 4.69) is 16.4 Å². The number of nitrogens with zero attached hydrogens (tertiary/aromatic N) is 2. The Labute approximate surface area is 192 Å². The number of nitrogens with one attached hydrogen (secondary N) is 2. The number of carbonyl (C=O) groups is 1. The molecule has 0 fully saturated rings. The van der Waals surface area contributed by atoms with Crippen molar-refractivity contribution in [2.45, 2.75) is 32.0 Å². The molecule has 1 heterocycles. The molecule has 3 aromatic rings. The molecule has 2 aromatic carbocycles. The van der Waals surface area contributed by atoms with E-state index in [1.54, 1.807) is 48.6 Å². The van der Waals surface area contributed by atoms with Gasteiger partial charge in [-0.15, -0.1) is 0 Å². The third-order valence-corrected chi connectivity index (χ3v) is 5.16. The standard InChI is InChI=1S/C24H19F5N4O/c1-14-11-12-31-21(20(14)33-22(34)23(25,26)24(27,28)29)32-15(2)16-7-9-17(10-8-16)19-6-4-3-5-18(19)13-30/h3-12,15H,1-2H3,(H,31,32)(H,33,34). The molecule has 0 radical (unpaired) electrons. The second-order valence-electron chi connectivity index (χ2n) is 7.52. The first-order valence-electron chi connectivity index (χ1n) is 10.0. The average Bonchev–Trinajstić information content (AvgIpc) is 2.80. The van der Waals surface area contributed by atoms with E-state index in [1.165, 1.54) is 19.2 Å². The second-order valence-corrected chi connectivity index (χ2v) is 7.52. The molecule has 34 heavy (non-hydrogen) atoms. The maximum Gasteiger partial charge on any atom is 0.463 e. The fourth-order valence-electron chi connectivity index (χ4n) is 3.22. The van der Waals surface area contributed by atoms with Gasteiger partial charge in [0.05, 0.1) is 23.4 Å². The summed E-state index contributed by atoms with van der Waals surface area (Å²) >= 11 is 0. The van der Waals surface area contributed by atoms with Crippen molar-refractivity contribution in [2.24, 2.45) is 0 Å². The zero-order chi connectivity index (χ0) is 25.1. The van der Waals surface area contributed by atoms with Gasteiger partial charge in [-0.25, -0.2) is 4.98 Å². The number of benzene rings is 2. The number of alkyl halides is 5. The second kappa shape index (κ2) is 9.47. The van der Waals surface area contributed by atoms with Crippen molar-refractivity contribution in [3.8, 4) is 17.2 Å². The lowest BCUT2D eigenvalue weighted by Gasteiger charge is -2.22. The van der Waals surface area contributed by atoms with Gasteiger partial charge in [0.25, 0.3) is 0 Å². The van der Waals surface area contributed by atoms with Gasteiger partial charge in [0.2, 0.25) is 0 Å². The van der Waals surface area contributed by atoms with Crippen LogP contribution in [0.5, 0.6) is 0 Å². The largest absolute Gasteiger partial charge is 0.463 e. The summed E-state index contributed by atoms with van der Waals surface area (Å²) in [6.07, 6.45) is -4.69. The zero-order valence-electron chi connectivity index (χ0n) is 18.0. The van der Waals surface area contributed by atoms with Crippen molar-refractivity contribution in [3.05, 3.63) is 77.5 Å². The monoisotopic (exact) mass is 474 g/mol. The summed E-state index contributed by atoms with van der Waals surface area (Å²) in [6.45, 7) is 3.18. The predicted molar refractivity (Wildman–Crippen MR) is 117 cm³/mol. The number of hydrogen-bond acceptors (Lipinski definition) is 4. The normalized spacial score (nSPS) is 12.5. The van der Waals surface area contributed by atoms with Gasteiger partial charge in [-0.05, 0) is 48.2 Å². The highest BCUT2D eigenvalue weighted by Gasteiger charge is 2.63. The van der Waals surface area contributed by atoms with E-state index in [9.17, 15) is 32.0 Å². The smallest absolute Gasteiger partial charge is 0.362 e. The van der Waals surface area contributed by atoms with Crippen molar-refractivity contribution < 1.29 is 26.7 Å². The summed E-state index contributed by atoms with van der Waals surface area (Å²) in [5.74, 6) is -8.11. The van der Waals surface area contributed by atoms with E-state index in [4.69, 9.17) is 0 Å². The van der Waals surface area contributed by atoms with Gasteiger partial charge >= 0.3 is 18.0 Å². The number of anilines is 2. The van der Waals surface area contributed by atoms with Crippen LogP contribution in [0, 0.1) is 18.3 Å². The molecule has 176 valence electrons. The summed E-state index contributed by atoms with van der Waals surface area (Å²) < 4.78 is 64.6. The molecule has 0 spiro atoms. The van der Waals surface area contributed by atoms with Gasteiger partial charge < -0.3 is 10.6 Å². The van der Waals surface area contributed by atoms with Crippen LogP contribution < -0.4 is 10.6 Å². The van der Waals surface area contributed by atoms with Crippen molar-refractivity contribution >= 4 is 17.4 Å². The number of nitriles is 1. The summed E-state index contributed by atoms with van der Waals surface area (Å²) in [6, 6.07) is 17.3. The number of aromatic nitrogens is 1. The van der Waals surface area contributed by atoms with E-state index in [0.29, 0.717) is 5.56 Å². The molecule has 0 saturated heterocycles. The Hall–Kier alpha value is -4.00. The van der Waals surface area contributed by atoms with Gasteiger partial charge in [0.1, 0.15) is 0 Å². The molecule has 0 saturated carbocycles. The van der Waals surface area contributed by atoms with E-state index < -0.39 is 24.0 Å². The highest BCUT2D eigenvalue weighted by atomic mass is 19.4. The highest BCUT2D eigenvalue weighted by Crippen LogP contribution is 2.37. The van der Waals surface area contributed by atoms with Crippen LogP contribution in [0.1, 0.15) is 29.7 Å². The van der Waals surface area contributed by atoms with Crippen molar-refractivity contribution in [1.82, 2.24) is 4.98 Å². The van der Waals surface area contributed by atoms with Gasteiger partial charge in [-0.2, -0.15) is 27.2 Å². The highest BCUT2D eigenvalue weighted by molar-refractivity contribution is 5.99. The first kappa shape index (κ1) is 24.6. The average molecular weight is 474 g/mol. The van der Waals surface area contributed by atoms with Gasteiger partial charge in [0, 0.05) is 6.20 Å². The number of pyridine rings is 1. The molecule has 3 rings (SSSR count). The Morgan fingerprint density at radius 3 is 2.29 bits per heavy atom. The molecule has 0 aliphatic carbocycles. The third kappa shape index (κ3) is 4.98. The van der Waals surface area contributed by atoms with Gasteiger partial charge in [-0.3, -0.25) is 4.79 Å². The number of aryl methyl sites for hydroxylation is 1. The quantitative estimate of drug-likeness (QED) is 0.415. The third-order valence-electron chi connectivity index (χ3n) is 5.16. The molecule has 1 amide bonds. The first-order chi connectivity index (χ1) is 16.0. The molecule has 1 unspecified atom stereocenters. The summed E-state index contributed by atoms with van der Waals surface area (Å²) in [5, 5.41) is 13.9. The Bertz CT molecular complexity index is 1230. The number of hydrogen-bond donors (Lipinski definition) is 2. The molecule has 0 bridgehead atoms. The Morgan fingerprint density at radius 2 is 1.68 bits per heavy atom. The van der Waals surface area contributed by atoms with Crippen LogP contribution >= 0.6 is 0 Å². The van der Waals surface area contributed by atoms with Crippen molar-refractivity contribution in [1.29, 1.82) is 5.26 Å².